The second-order valence-corrected chi connectivity index (χ2v) is 11.8. The third kappa shape index (κ3) is 3.92. The third-order valence-electron chi connectivity index (χ3n) is 8.11. The van der Waals surface area contributed by atoms with E-state index in [9.17, 15) is 0 Å². The lowest BCUT2D eigenvalue weighted by atomic mass is 10.1. The first-order valence-electron chi connectivity index (χ1n) is 14.5. The summed E-state index contributed by atoms with van der Waals surface area (Å²) in [6.07, 6.45) is 1.89. The molecule has 0 aliphatic carbocycles. The number of aromatic nitrogens is 5. The fourth-order valence-electron chi connectivity index (χ4n) is 6.07. The van der Waals surface area contributed by atoms with Gasteiger partial charge in [-0.1, -0.05) is 84.9 Å². The molecule has 4 heterocycles. The first-order valence-corrected chi connectivity index (χ1v) is 15.3. The van der Waals surface area contributed by atoms with E-state index in [1.165, 1.54) is 25.6 Å². The van der Waals surface area contributed by atoms with E-state index < -0.39 is 0 Å². The van der Waals surface area contributed by atoms with Gasteiger partial charge in [0.2, 0.25) is 0 Å². The SMILES string of the molecule is c1ccc(-c2nc(-c3ccccc3)nc(-c3ccc(-n4c5cccnc5c5c6sc7ccccc7c6ccc54)cc3)n2)cc1. The fraction of sp³-hybridized carbons (Fsp3) is 0. The molecule has 0 spiro atoms. The minimum atomic E-state index is 0.639. The highest BCUT2D eigenvalue weighted by atomic mass is 32.1. The summed E-state index contributed by atoms with van der Waals surface area (Å²) >= 11 is 1.84. The van der Waals surface area contributed by atoms with E-state index >= 15 is 0 Å². The Morgan fingerprint density at radius 1 is 0.477 bits per heavy atom. The molecule has 0 atom stereocenters. The number of benzene rings is 5. The molecule has 5 nitrogen and oxygen atoms in total. The van der Waals surface area contributed by atoms with Gasteiger partial charge in [0.1, 0.15) is 0 Å². The molecule has 9 rings (SSSR count). The Morgan fingerprint density at radius 2 is 1.09 bits per heavy atom. The van der Waals surface area contributed by atoms with Gasteiger partial charge in [-0.25, -0.2) is 15.0 Å². The highest BCUT2D eigenvalue weighted by Crippen LogP contribution is 2.42. The minimum absolute atomic E-state index is 0.639. The summed E-state index contributed by atoms with van der Waals surface area (Å²) < 4.78 is 4.87. The average molecular weight is 582 g/mol. The Morgan fingerprint density at radius 3 is 1.77 bits per heavy atom. The van der Waals surface area contributed by atoms with Crippen molar-refractivity contribution < 1.29 is 0 Å². The Hall–Kier alpha value is -5.72. The van der Waals surface area contributed by atoms with Crippen LogP contribution in [0.25, 0.3) is 82.0 Å². The van der Waals surface area contributed by atoms with Gasteiger partial charge >= 0.3 is 0 Å². The molecule has 206 valence electrons. The molecule has 0 radical (unpaired) electrons. The van der Waals surface area contributed by atoms with Crippen molar-refractivity contribution in [2.45, 2.75) is 0 Å². The van der Waals surface area contributed by atoms with Gasteiger partial charge in [-0.05, 0) is 48.5 Å². The average Bonchev–Trinajstić information content (AvgIpc) is 3.65. The van der Waals surface area contributed by atoms with Gasteiger partial charge in [-0.3, -0.25) is 4.98 Å². The first-order chi connectivity index (χ1) is 21.8. The highest BCUT2D eigenvalue weighted by Gasteiger charge is 2.19. The van der Waals surface area contributed by atoms with Crippen LogP contribution in [-0.4, -0.2) is 24.5 Å². The molecule has 0 aliphatic rings. The summed E-state index contributed by atoms with van der Waals surface area (Å²) in [7, 11) is 0. The van der Waals surface area contributed by atoms with E-state index in [0.717, 1.165) is 38.9 Å². The maximum absolute atomic E-state index is 4.91. The van der Waals surface area contributed by atoms with Gasteiger partial charge in [-0.2, -0.15) is 0 Å². The zero-order valence-electron chi connectivity index (χ0n) is 23.4. The van der Waals surface area contributed by atoms with E-state index in [1.54, 1.807) is 0 Å². The van der Waals surface area contributed by atoms with Crippen LogP contribution in [-0.2, 0) is 0 Å². The molecule has 0 amide bonds. The maximum atomic E-state index is 4.91. The smallest absolute Gasteiger partial charge is 0.164 e. The van der Waals surface area contributed by atoms with Crippen molar-refractivity contribution in [2.75, 3.05) is 0 Å². The lowest BCUT2D eigenvalue weighted by molar-refractivity contribution is 1.07. The molecule has 0 bridgehead atoms. The zero-order chi connectivity index (χ0) is 29.0. The van der Waals surface area contributed by atoms with Gasteiger partial charge in [0.15, 0.2) is 17.5 Å². The van der Waals surface area contributed by atoms with Crippen molar-refractivity contribution in [2.24, 2.45) is 0 Å². The Balaban J connectivity index is 1.21. The lowest BCUT2D eigenvalue weighted by Gasteiger charge is -2.10. The quantitative estimate of drug-likeness (QED) is 0.208. The molecule has 0 aliphatic heterocycles. The Kier molecular flexibility index (Phi) is 5.61. The largest absolute Gasteiger partial charge is 0.308 e. The van der Waals surface area contributed by atoms with Gasteiger partial charge in [0.25, 0.3) is 0 Å². The number of thiophene rings is 1. The van der Waals surface area contributed by atoms with Crippen LogP contribution in [0.1, 0.15) is 0 Å². The fourth-order valence-corrected chi connectivity index (χ4v) is 7.31. The summed E-state index contributed by atoms with van der Waals surface area (Å²) in [5.41, 5.74) is 7.13. The van der Waals surface area contributed by atoms with E-state index in [1.807, 2.05) is 84.3 Å². The zero-order valence-corrected chi connectivity index (χ0v) is 24.2. The number of hydrogen-bond donors (Lipinski definition) is 0. The minimum Gasteiger partial charge on any atom is -0.308 e. The number of rotatable bonds is 4. The van der Waals surface area contributed by atoms with Crippen LogP contribution in [0.15, 0.2) is 140 Å². The number of nitrogens with zero attached hydrogens (tertiary/aromatic N) is 5. The molecule has 0 fully saturated rings. The summed E-state index contributed by atoms with van der Waals surface area (Å²) in [5, 5.41) is 3.76. The Bertz CT molecular complexity index is 2420. The van der Waals surface area contributed by atoms with Crippen LogP contribution in [0.5, 0.6) is 0 Å². The van der Waals surface area contributed by atoms with Gasteiger partial charge in [-0.15, -0.1) is 11.3 Å². The molecule has 0 N–H and O–H groups in total. The summed E-state index contributed by atoms with van der Waals surface area (Å²) in [6.45, 7) is 0. The van der Waals surface area contributed by atoms with Gasteiger partial charge in [0, 0.05) is 54.1 Å². The highest BCUT2D eigenvalue weighted by molar-refractivity contribution is 7.26. The number of hydrogen-bond acceptors (Lipinski definition) is 5. The summed E-state index contributed by atoms with van der Waals surface area (Å²) in [6, 6.07) is 45.9. The van der Waals surface area contributed by atoms with E-state index in [2.05, 4.69) is 71.3 Å². The van der Waals surface area contributed by atoms with Gasteiger partial charge in [0.05, 0.1) is 16.6 Å². The molecule has 9 aromatic rings. The summed E-state index contributed by atoms with van der Waals surface area (Å²) in [4.78, 5) is 19.5. The van der Waals surface area contributed by atoms with Crippen molar-refractivity contribution in [1.82, 2.24) is 24.5 Å². The monoisotopic (exact) mass is 581 g/mol. The predicted octanol–water partition coefficient (Wildman–Crippen LogP) is 9.73. The molecule has 0 saturated carbocycles. The van der Waals surface area contributed by atoms with E-state index in [4.69, 9.17) is 19.9 Å². The third-order valence-corrected chi connectivity index (χ3v) is 9.32. The molecule has 44 heavy (non-hydrogen) atoms. The van der Waals surface area contributed by atoms with Crippen molar-refractivity contribution >= 4 is 53.4 Å². The second kappa shape index (κ2) is 9.93. The van der Waals surface area contributed by atoms with Crippen molar-refractivity contribution in [3.63, 3.8) is 0 Å². The topological polar surface area (TPSA) is 56.5 Å². The standard InChI is InChI=1S/C38H23N5S/c1-3-10-24(11-4-1)36-40-37(25-12-5-2-6-13-25)42-38(41-36)26-17-19-27(20-18-26)43-30-22-21-29-28-14-7-8-16-32(28)44-35(29)33(30)34-31(43)15-9-23-39-34/h1-23H. The molecule has 5 aromatic carbocycles. The first kappa shape index (κ1) is 24.8. The molecule has 0 saturated heterocycles. The molecule has 4 aromatic heterocycles. The van der Waals surface area contributed by atoms with Crippen molar-refractivity contribution in [3.05, 3.63) is 140 Å². The van der Waals surface area contributed by atoms with Crippen LogP contribution in [0.2, 0.25) is 0 Å². The van der Waals surface area contributed by atoms with Crippen LogP contribution in [0.4, 0.5) is 0 Å². The lowest BCUT2D eigenvalue weighted by Crippen LogP contribution is -2.00. The molecular weight excluding hydrogens is 559 g/mol. The second-order valence-electron chi connectivity index (χ2n) is 10.7. The van der Waals surface area contributed by atoms with E-state index in [-0.39, 0.29) is 0 Å². The van der Waals surface area contributed by atoms with Crippen LogP contribution in [0.3, 0.4) is 0 Å². The Labute approximate surface area is 256 Å². The van der Waals surface area contributed by atoms with E-state index in [0.29, 0.717) is 17.5 Å². The number of fused-ring (bicyclic) bond motifs is 7. The normalized spacial score (nSPS) is 11.6. The predicted molar refractivity (Wildman–Crippen MR) is 181 cm³/mol. The molecule has 0 unspecified atom stereocenters. The van der Waals surface area contributed by atoms with Crippen molar-refractivity contribution in [1.29, 1.82) is 0 Å². The van der Waals surface area contributed by atoms with Crippen LogP contribution < -0.4 is 0 Å². The molecular formula is C38H23N5S. The molecule has 6 heteroatoms. The van der Waals surface area contributed by atoms with Crippen LogP contribution in [0, 0.1) is 0 Å². The maximum Gasteiger partial charge on any atom is 0.164 e. The summed E-state index contributed by atoms with van der Waals surface area (Å²) in [5.74, 6) is 1.94. The van der Waals surface area contributed by atoms with Crippen LogP contribution >= 0.6 is 11.3 Å². The number of pyridine rings is 1. The van der Waals surface area contributed by atoms with Gasteiger partial charge < -0.3 is 4.57 Å². The van der Waals surface area contributed by atoms with Crippen molar-refractivity contribution in [3.8, 4) is 39.9 Å².